The van der Waals surface area contributed by atoms with Gasteiger partial charge < -0.3 is 9.73 Å². The molecule has 0 aliphatic carbocycles. The normalized spacial score (nSPS) is 11.9. The van der Waals surface area contributed by atoms with Crippen LogP contribution in [-0.2, 0) is 0 Å². The molecule has 0 aliphatic rings. The first-order chi connectivity index (χ1) is 12.8. The molecule has 4 nitrogen and oxygen atoms in total. The van der Waals surface area contributed by atoms with Crippen LogP contribution < -0.4 is 5.32 Å². The van der Waals surface area contributed by atoms with Crippen molar-refractivity contribution in [3.05, 3.63) is 101 Å². The van der Waals surface area contributed by atoms with E-state index in [1.54, 1.807) is 0 Å². The quantitative estimate of drug-likeness (QED) is 0.462. The number of anilines is 1. The van der Waals surface area contributed by atoms with E-state index >= 15 is 0 Å². The van der Waals surface area contributed by atoms with Crippen molar-refractivity contribution in [1.29, 1.82) is 0 Å². The molecule has 1 unspecified atom stereocenters. The second kappa shape index (κ2) is 7.54. The van der Waals surface area contributed by atoms with Gasteiger partial charge in [0, 0.05) is 15.7 Å². The molecule has 1 atom stereocenters. The standard InChI is InChI=1S/C21H16BrN3O/c22-17-11-13-18(14-12-17)23-19(15-7-3-1-4-8-15)21-25-24-20(26-21)16-9-5-2-6-10-16/h1-14,19,23H. The van der Waals surface area contributed by atoms with Crippen LogP contribution in [0.2, 0.25) is 0 Å². The Kier molecular flexibility index (Phi) is 4.80. The highest BCUT2D eigenvalue weighted by Crippen LogP contribution is 2.28. The first kappa shape index (κ1) is 16.5. The molecule has 0 saturated carbocycles. The summed E-state index contributed by atoms with van der Waals surface area (Å²) in [6.07, 6.45) is 0. The minimum atomic E-state index is -0.234. The maximum absolute atomic E-state index is 5.99. The third-order valence-electron chi connectivity index (χ3n) is 4.00. The number of halogens is 1. The van der Waals surface area contributed by atoms with Gasteiger partial charge in [-0.15, -0.1) is 10.2 Å². The van der Waals surface area contributed by atoms with Crippen LogP contribution in [-0.4, -0.2) is 10.2 Å². The molecule has 0 radical (unpaired) electrons. The molecule has 4 aromatic rings. The molecule has 0 bridgehead atoms. The predicted octanol–water partition coefficient (Wildman–Crippen LogP) is 5.70. The highest BCUT2D eigenvalue weighted by atomic mass is 79.9. The molecule has 3 aromatic carbocycles. The maximum atomic E-state index is 5.99. The second-order valence-electron chi connectivity index (χ2n) is 5.81. The van der Waals surface area contributed by atoms with E-state index in [1.807, 2.05) is 84.9 Å². The number of benzene rings is 3. The molecule has 0 amide bonds. The van der Waals surface area contributed by atoms with E-state index in [-0.39, 0.29) is 6.04 Å². The van der Waals surface area contributed by atoms with Crippen LogP contribution in [0.5, 0.6) is 0 Å². The van der Waals surface area contributed by atoms with E-state index in [0.717, 1.165) is 21.3 Å². The number of rotatable bonds is 5. The highest BCUT2D eigenvalue weighted by Gasteiger charge is 2.21. The summed E-state index contributed by atoms with van der Waals surface area (Å²) in [6.45, 7) is 0. The van der Waals surface area contributed by atoms with Crippen molar-refractivity contribution in [2.45, 2.75) is 6.04 Å². The summed E-state index contributed by atoms with van der Waals surface area (Å²) in [5.41, 5.74) is 2.93. The monoisotopic (exact) mass is 405 g/mol. The van der Waals surface area contributed by atoms with Gasteiger partial charge in [-0.3, -0.25) is 0 Å². The Morgan fingerprint density at radius 2 is 1.42 bits per heavy atom. The lowest BCUT2D eigenvalue weighted by atomic mass is 10.1. The molecule has 128 valence electrons. The average molecular weight is 406 g/mol. The summed E-state index contributed by atoms with van der Waals surface area (Å²) in [6, 6.07) is 27.6. The van der Waals surface area contributed by atoms with E-state index in [1.165, 1.54) is 0 Å². The fourth-order valence-corrected chi connectivity index (χ4v) is 2.96. The first-order valence-corrected chi connectivity index (χ1v) is 9.05. The van der Waals surface area contributed by atoms with E-state index < -0.39 is 0 Å². The lowest BCUT2D eigenvalue weighted by Crippen LogP contribution is -2.12. The molecule has 0 aliphatic heterocycles. The third-order valence-corrected chi connectivity index (χ3v) is 4.53. The van der Waals surface area contributed by atoms with Gasteiger partial charge in [0.05, 0.1) is 0 Å². The van der Waals surface area contributed by atoms with Crippen LogP contribution in [0, 0.1) is 0 Å². The first-order valence-electron chi connectivity index (χ1n) is 8.25. The highest BCUT2D eigenvalue weighted by molar-refractivity contribution is 9.10. The van der Waals surface area contributed by atoms with E-state index in [4.69, 9.17) is 4.42 Å². The SMILES string of the molecule is Brc1ccc(NC(c2ccccc2)c2nnc(-c3ccccc3)o2)cc1. The number of nitrogens with one attached hydrogen (secondary N) is 1. The van der Waals surface area contributed by atoms with Crippen molar-refractivity contribution in [2.75, 3.05) is 5.32 Å². The van der Waals surface area contributed by atoms with Crippen molar-refractivity contribution >= 4 is 21.6 Å². The van der Waals surface area contributed by atoms with Crippen molar-refractivity contribution in [3.8, 4) is 11.5 Å². The summed E-state index contributed by atoms with van der Waals surface area (Å²) >= 11 is 3.46. The fourth-order valence-electron chi connectivity index (χ4n) is 2.69. The Bertz CT molecular complexity index is 969. The molecule has 1 N–H and O–H groups in total. The lowest BCUT2D eigenvalue weighted by molar-refractivity contribution is 0.494. The van der Waals surface area contributed by atoms with Gasteiger partial charge in [-0.25, -0.2) is 0 Å². The van der Waals surface area contributed by atoms with Gasteiger partial charge in [0.15, 0.2) is 0 Å². The summed E-state index contributed by atoms with van der Waals surface area (Å²) < 4.78 is 7.02. The zero-order valence-corrected chi connectivity index (χ0v) is 15.4. The number of aromatic nitrogens is 2. The van der Waals surface area contributed by atoms with Crippen LogP contribution in [0.3, 0.4) is 0 Å². The van der Waals surface area contributed by atoms with Gasteiger partial charge in [0.1, 0.15) is 6.04 Å². The Balaban J connectivity index is 1.69. The number of nitrogens with zero attached hydrogens (tertiary/aromatic N) is 2. The summed E-state index contributed by atoms with van der Waals surface area (Å²) in [5, 5.41) is 12.0. The van der Waals surface area contributed by atoms with Gasteiger partial charge in [0.2, 0.25) is 11.8 Å². The van der Waals surface area contributed by atoms with E-state index in [2.05, 4.69) is 31.4 Å². The topological polar surface area (TPSA) is 51.0 Å². The van der Waals surface area contributed by atoms with Crippen molar-refractivity contribution in [3.63, 3.8) is 0 Å². The zero-order chi connectivity index (χ0) is 17.8. The molecule has 0 saturated heterocycles. The Hall–Kier alpha value is -2.92. The zero-order valence-electron chi connectivity index (χ0n) is 13.8. The molecule has 26 heavy (non-hydrogen) atoms. The molecular weight excluding hydrogens is 390 g/mol. The molecule has 1 heterocycles. The van der Waals surface area contributed by atoms with Crippen LogP contribution in [0.1, 0.15) is 17.5 Å². The van der Waals surface area contributed by atoms with Crippen LogP contribution in [0.25, 0.3) is 11.5 Å². The molecule has 5 heteroatoms. The Labute approximate surface area is 160 Å². The van der Waals surface area contributed by atoms with Gasteiger partial charge >= 0.3 is 0 Å². The van der Waals surface area contributed by atoms with Crippen LogP contribution in [0.4, 0.5) is 5.69 Å². The fraction of sp³-hybridized carbons (Fsp3) is 0.0476. The molecular formula is C21H16BrN3O. The maximum Gasteiger partial charge on any atom is 0.247 e. The van der Waals surface area contributed by atoms with Gasteiger partial charge in [-0.05, 0) is 42.0 Å². The summed E-state index contributed by atoms with van der Waals surface area (Å²) in [4.78, 5) is 0. The molecule has 0 spiro atoms. The second-order valence-corrected chi connectivity index (χ2v) is 6.72. The lowest BCUT2D eigenvalue weighted by Gasteiger charge is -2.17. The Morgan fingerprint density at radius 3 is 2.12 bits per heavy atom. The smallest absolute Gasteiger partial charge is 0.247 e. The average Bonchev–Trinajstić information content (AvgIpc) is 3.19. The van der Waals surface area contributed by atoms with E-state index in [9.17, 15) is 0 Å². The minimum Gasteiger partial charge on any atom is -0.418 e. The Morgan fingerprint density at radius 1 is 0.769 bits per heavy atom. The van der Waals surface area contributed by atoms with Gasteiger partial charge in [-0.1, -0.05) is 64.5 Å². The van der Waals surface area contributed by atoms with Crippen LogP contribution in [0.15, 0.2) is 93.8 Å². The third kappa shape index (κ3) is 3.68. The number of hydrogen-bond acceptors (Lipinski definition) is 4. The van der Waals surface area contributed by atoms with E-state index in [0.29, 0.717) is 11.8 Å². The molecule has 4 rings (SSSR count). The van der Waals surface area contributed by atoms with Gasteiger partial charge in [-0.2, -0.15) is 0 Å². The predicted molar refractivity (Wildman–Crippen MR) is 106 cm³/mol. The van der Waals surface area contributed by atoms with Crippen molar-refractivity contribution < 1.29 is 4.42 Å². The summed E-state index contributed by atoms with van der Waals surface area (Å²) in [7, 11) is 0. The van der Waals surface area contributed by atoms with Crippen molar-refractivity contribution in [2.24, 2.45) is 0 Å². The summed E-state index contributed by atoms with van der Waals surface area (Å²) in [5.74, 6) is 1.04. The largest absolute Gasteiger partial charge is 0.418 e. The van der Waals surface area contributed by atoms with Gasteiger partial charge in [0.25, 0.3) is 0 Å². The minimum absolute atomic E-state index is 0.234. The van der Waals surface area contributed by atoms with Crippen molar-refractivity contribution in [1.82, 2.24) is 10.2 Å². The molecule has 1 aromatic heterocycles. The molecule has 0 fully saturated rings. The number of hydrogen-bond donors (Lipinski definition) is 1. The van der Waals surface area contributed by atoms with Crippen LogP contribution >= 0.6 is 15.9 Å².